The summed E-state index contributed by atoms with van der Waals surface area (Å²) in [5.74, 6) is -0.0504. The van der Waals surface area contributed by atoms with Crippen molar-refractivity contribution < 1.29 is 14.7 Å². The molecule has 0 aromatic heterocycles. The molecule has 1 unspecified atom stereocenters. The number of aliphatic carboxylic acids is 1. The first-order valence-corrected chi connectivity index (χ1v) is 7.39. The van der Waals surface area contributed by atoms with Crippen molar-refractivity contribution in [1.29, 1.82) is 0 Å². The molecule has 0 heterocycles. The van der Waals surface area contributed by atoms with Gasteiger partial charge in [0.05, 0.1) is 6.54 Å². The Balaban J connectivity index is 4.69. The SMILES string of the molecule is CCC(C(=O)O)N(C)CC(=O)N(CC(C)C)CC(C)C. The van der Waals surface area contributed by atoms with E-state index in [1.54, 1.807) is 11.9 Å². The molecule has 5 nitrogen and oxygen atoms in total. The lowest BCUT2D eigenvalue weighted by atomic mass is 10.1. The Hall–Kier alpha value is -1.10. The Morgan fingerprint density at radius 1 is 1.05 bits per heavy atom. The number of carbonyl (C=O) groups is 2. The maximum absolute atomic E-state index is 12.4. The fourth-order valence-corrected chi connectivity index (χ4v) is 2.26. The van der Waals surface area contributed by atoms with E-state index >= 15 is 0 Å². The van der Waals surface area contributed by atoms with Gasteiger partial charge in [-0.25, -0.2) is 0 Å². The molecule has 0 radical (unpaired) electrons. The molecule has 0 aliphatic rings. The highest BCUT2D eigenvalue weighted by Crippen LogP contribution is 2.07. The Morgan fingerprint density at radius 3 is 1.80 bits per heavy atom. The lowest BCUT2D eigenvalue weighted by molar-refractivity contribution is -0.144. The minimum absolute atomic E-state index is 0.00889. The largest absolute Gasteiger partial charge is 0.480 e. The van der Waals surface area contributed by atoms with Crippen LogP contribution in [-0.2, 0) is 9.59 Å². The van der Waals surface area contributed by atoms with Gasteiger partial charge in [0.15, 0.2) is 0 Å². The number of hydrogen-bond donors (Lipinski definition) is 1. The third kappa shape index (κ3) is 6.89. The molecule has 0 aliphatic heterocycles. The highest BCUT2D eigenvalue weighted by molar-refractivity contribution is 5.80. The van der Waals surface area contributed by atoms with Gasteiger partial charge in [-0.05, 0) is 25.3 Å². The molecular weight excluding hydrogens is 256 g/mol. The Bertz CT molecular complexity index is 306. The normalized spacial score (nSPS) is 13.1. The first-order valence-electron chi connectivity index (χ1n) is 7.39. The van der Waals surface area contributed by atoms with Crippen molar-refractivity contribution >= 4 is 11.9 Å². The standard InChI is InChI=1S/C15H30N2O3/c1-7-13(15(19)20)16(6)10-14(18)17(8-11(2)3)9-12(4)5/h11-13H,7-10H2,1-6H3,(H,19,20). The molecule has 0 fully saturated rings. The van der Waals surface area contributed by atoms with Crippen LogP contribution in [0.15, 0.2) is 0 Å². The average molecular weight is 286 g/mol. The zero-order valence-corrected chi connectivity index (χ0v) is 13.7. The number of likely N-dealkylation sites (N-methyl/N-ethyl adjacent to an activating group) is 1. The number of carboxylic acids is 1. The van der Waals surface area contributed by atoms with E-state index in [1.165, 1.54) is 0 Å². The highest BCUT2D eigenvalue weighted by atomic mass is 16.4. The molecule has 1 amide bonds. The van der Waals surface area contributed by atoms with E-state index in [0.29, 0.717) is 31.3 Å². The monoisotopic (exact) mass is 286 g/mol. The summed E-state index contributed by atoms with van der Waals surface area (Å²) < 4.78 is 0. The van der Waals surface area contributed by atoms with Crippen LogP contribution >= 0.6 is 0 Å². The van der Waals surface area contributed by atoms with Crippen molar-refractivity contribution in [3.05, 3.63) is 0 Å². The van der Waals surface area contributed by atoms with Gasteiger partial charge >= 0.3 is 5.97 Å². The first kappa shape index (κ1) is 18.9. The van der Waals surface area contributed by atoms with Crippen LogP contribution in [0.1, 0.15) is 41.0 Å². The third-order valence-electron chi connectivity index (χ3n) is 3.11. The lowest BCUT2D eigenvalue weighted by Gasteiger charge is -2.30. The summed E-state index contributed by atoms with van der Waals surface area (Å²) in [6, 6.07) is -0.598. The van der Waals surface area contributed by atoms with Gasteiger partial charge in [0, 0.05) is 13.1 Å². The average Bonchev–Trinajstić information content (AvgIpc) is 2.26. The maximum atomic E-state index is 12.4. The predicted molar refractivity (Wildman–Crippen MR) is 80.6 cm³/mol. The number of hydrogen-bond acceptors (Lipinski definition) is 3. The van der Waals surface area contributed by atoms with Gasteiger partial charge in [-0.3, -0.25) is 14.5 Å². The number of carboxylic acid groups (broad SMARTS) is 1. The zero-order valence-electron chi connectivity index (χ0n) is 13.7. The third-order valence-corrected chi connectivity index (χ3v) is 3.11. The van der Waals surface area contributed by atoms with E-state index in [4.69, 9.17) is 5.11 Å². The smallest absolute Gasteiger partial charge is 0.320 e. The van der Waals surface area contributed by atoms with Gasteiger partial charge in [0.25, 0.3) is 0 Å². The summed E-state index contributed by atoms with van der Waals surface area (Å²) in [5, 5.41) is 9.12. The van der Waals surface area contributed by atoms with Crippen LogP contribution in [0, 0.1) is 11.8 Å². The second kappa shape index (κ2) is 8.95. The number of rotatable bonds is 9. The summed E-state index contributed by atoms with van der Waals surface area (Å²) in [6.07, 6.45) is 0.494. The summed E-state index contributed by atoms with van der Waals surface area (Å²) in [6.45, 7) is 11.7. The van der Waals surface area contributed by atoms with Crippen LogP contribution in [0.5, 0.6) is 0 Å². The Labute approximate surface area is 122 Å². The molecule has 118 valence electrons. The molecular formula is C15H30N2O3. The molecule has 0 bridgehead atoms. The molecule has 1 atom stereocenters. The van der Waals surface area contributed by atoms with Crippen molar-refractivity contribution in [3.8, 4) is 0 Å². The molecule has 5 heteroatoms. The predicted octanol–water partition coefficient (Wildman–Crippen LogP) is 1.92. The van der Waals surface area contributed by atoms with E-state index in [-0.39, 0.29) is 12.5 Å². The van der Waals surface area contributed by atoms with Crippen molar-refractivity contribution in [2.45, 2.75) is 47.1 Å². The van der Waals surface area contributed by atoms with E-state index < -0.39 is 12.0 Å². The van der Waals surface area contributed by atoms with Crippen LogP contribution in [0.2, 0.25) is 0 Å². The van der Waals surface area contributed by atoms with E-state index in [0.717, 1.165) is 0 Å². The molecule has 0 rings (SSSR count). The lowest BCUT2D eigenvalue weighted by Crippen LogP contribution is -2.47. The number of nitrogens with zero attached hydrogens (tertiary/aromatic N) is 2. The summed E-state index contributed by atoms with van der Waals surface area (Å²) >= 11 is 0. The zero-order chi connectivity index (χ0) is 15.9. The number of carbonyl (C=O) groups excluding carboxylic acids is 1. The van der Waals surface area contributed by atoms with Crippen molar-refractivity contribution in [1.82, 2.24) is 9.80 Å². The summed E-state index contributed by atoms with van der Waals surface area (Å²) in [7, 11) is 1.70. The van der Waals surface area contributed by atoms with Crippen LogP contribution < -0.4 is 0 Å². The van der Waals surface area contributed by atoms with E-state index in [1.807, 2.05) is 11.8 Å². The summed E-state index contributed by atoms with van der Waals surface area (Å²) in [5.41, 5.74) is 0. The fraction of sp³-hybridized carbons (Fsp3) is 0.867. The topological polar surface area (TPSA) is 60.9 Å². The first-order chi connectivity index (χ1) is 9.18. The molecule has 0 aromatic rings. The molecule has 20 heavy (non-hydrogen) atoms. The molecule has 0 spiro atoms. The minimum Gasteiger partial charge on any atom is -0.480 e. The van der Waals surface area contributed by atoms with Crippen molar-refractivity contribution in [2.75, 3.05) is 26.7 Å². The van der Waals surface area contributed by atoms with Gasteiger partial charge in [-0.1, -0.05) is 34.6 Å². The molecule has 0 saturated heterocycles. The van der Waals surface area contributed by atoms with Gasteiger partial charge in [-0.2, -0.15) is 0 Å². The van der Waals surface area contributed by atoms with E-state index in [9.17, 15) is 9.59 Å². The van der Waals surface area contributed by atoms with Crippen molar-refractivity contribution in [3.63, 3.8) is 0 Å². The molecule has 0 aliphatic carbocycles. The quantitative estimate of drug-likeness (QED) is 0.703. The number of amides is 1. The summed E-state index contributed by atoms with van der Waals surface area (Å²) in [4.78, 5) is 26.9. The Morgan fingerprint density at radius 2 is 1.50 bits per heavy atom. The minimum atomic E-state index is -0.873. The highest BCUT2D eigenvalue weighted by Gasteiger charge is 2.24. The van der Waals surface area contributed by atoms with Gasteiger partial charge < -0.3 is 10.0 Å². The maximum Gasteiger partial charge on any atom is 0.320 e. The van der Waals surface area contributed by atoms with Gasteiger partial charge in [-0.15, -0.1) is 0 Å². The molecule has 0 aromatic carbocycles. The van der Waals surface area contributed by atoms with Crippen LogP contribution in [0.4, 0.5) is 0 Å². The molecule has 0 saturated carbocycles. The van der Waals surface area contributed by atoms with Crippen LogP contribution in [0.3, 0.4) is 0 Å². The van der Waals surface area contributed by atoms with Crippen LogP contribution in [-0.4, -0.2) is 59.5 Å². The van der Waals surface area contributed by atoms with Gasteiger partial charge in [0.1, 0.15) is 6.04 Å². The van der Waals surface area contributed by atoms with Crippen LogP contribution in [0.25, 0.3) is 0 Å². The second-order valence-corrected chi connectivity index (χ2v) is 6.26. The second-order valence-electron chi connectivity index (χ2n) is 6.26. The van der Waals surface area contributed by atoms with Gasteiger partial charge in [0.2, 0.25) is 5.91 Å². The fourth-order valence-electron chi connectivity index (χ4n) is 2.26. The Kier molecular flexibility index (Phi) is 8.46. The van der Waals surface area contributed by atoms with E-state index in [2.05, 4.69) is 27.7 Å². The molecule has 1 N–H and O–H groups in total. The van der Waals surface area contributed by atoms with Crippen molar-refractivity contribution in [2.24, 2.45) is 11.8 Å².